The van der Waals surface area contributed by atoms with Crippen molar-refractivity contribution in [2.24, 2.45) is 17.3 Å². The molecule has 0 aromatic heterocycles. The molecule has 2 saturated heterocycles. The fraction of sp³-hybridized carbons (Fsp3) is 0.765. The van der Waals surface area contributed by atoms with Crippen LogP contribution in [0.2, 0.25) is 0 Å². The van der Waals surface area contributed by atoms with Gasteiger partial charge in [0, 0.05) is 44.0 Å². The lowest BCUT2D eigenvalue weighted by Crippen LogP contribution is -2.60. The first-order valence-electron chi connectivity index (χ1n) is 16.0. The average molecular weight is 585 g/mol. The van der Waals surface area contributed by atoms with Gasteiger partial charge in [0.1, 0.15) is 11.7 Å². The van der Waals surface area contributed by atoms with Crippen LogP contribution in [-0.4, -0.2) is 80.6 Å². The second-order valence-corrected chi connectivity index (χ2v) is 14.0. The molecule has 7 rings (SSSR count). The molecule has 2 aliphatic heterocycles. The third kappa shape index (κ3) is 4.17. The van der Waals surface area contributed by atoms with Gasteiger partial charge in [-0.05, 0) is 68.4 Å². The van der Waals surface area contributed by atoms with Crippen molar-refractivity contribution in [2.45, 2.75) is 100 Å². The SMILES string of the molecule is COCC(O)[C@@]1(OC)CC[C@H]2[C@@H]3CC[C@@]4(O)CC5(CCC4=C3[C@@H](c3ccc(C4(C)OCCO4)cc3)C[C@@]21C)OCCO5. The molecule has 3 saturated carbocycles. The van der Waals surface area contributed by atoms with Crippen molar-refractivity contribution in [1.29, 1.82) is 0 Å². The molecule has 4 aliphatic carbocycles. The molecule has 1 aromatic rings. The van der Waals surface area contributed by atoms with Crippen molar-refractivity contribution in [3.8, 4) is 0 Å². The van der Waals surface area contributed by atoms with Gasteiger partial charge in [0.2, 0.25) is 0 Å². The van der Waals surface area contributed by atoms with E-state index in [4.69, 9.17) is 28.4 Å². The molecule has 0 bridgehead atoms. The molecule has 8 nitrogen and oxygen atoms in total. The van der Waals surface area contributed by atoms with Crippen LogP contribution in [0.5, 0.6) is 0 Å². The van der Waals surface area contributed by atoms with Gasteiger partial charge in [-0.2, -0.15) is 0 Å². The summed E-state index contributed by atoms with van der Waals surface area (Å²) in [5.74, 6) is -0.634. The maximum Gasteiger partial charge on any atom is 0.192 e. The maximum absolute atomic E-state index is 12.3. The van der Waals surface area contributed by atoms with E-state index in [0.29, 0.717) is 51.1 Å². The van der Waals surface area contributed by atoms with Crippen molar-refractivity contribution in [2.75, 3.05) is 47.3 Å². The number of rotatable bonds is 6. The zero-order valence-electron chi connectivity index (χ0n) is 25.7. The van der Waals surface area contributed by atoms with Gasteiger partial charge in [0.05, 0.1) is 38.6 Å². The highest BCUT2D eigenvalue weighted by molar-refractivity contribution is 5.45. The summed E-state index contributed by atoms with van der Waals surface area (Å²) in [5.41, 5.74) is 2.97. The van der Waals surface area contributed by atoms with Gasteiger partial charge >= 0.3 is 0 Å². The molecule has 8 heteroatoms. The van der Waals surface area contributed by atoms with Crippen LogP contribution in [0.3, 0.4) is 0 Å². The van der Waals surface area contributed by atoms with E-state index in [1.54, 1.807) is 14.2 Å². The Hall–Kier alpha value is -1.36. The van der Waals surface area contributed by atoms with Crippen LogP contribution < -0.4 is 0 Å². The van der Waals surface area contributed by atoms with Crippen LogP contribution in [0, 0.1) is 17.3 Å². The van der Waals surface area contributed by atoms with Crippen LogP contribution >= 0.6 is 0 Å². The zero-order chi connectivity index (χ0) is 29.4. The van der Waals surface area contributed by atoms with Crippen LogP contribution in [-0.2, 0) is 34.2 Å². The summed E-state index contributed by atoms with van der Waals surface area (Å²) in [6.45, 7) is 6.94. The Kier molecular flexibility index (Phi) is 7.23. The second kappa shape index (κ2) is 10.3. The van der Waals surface area contributed by atoms with Crippen LogP contribution in [0.15, 0.2) is 35.4 Å². The average Bonchev–Trinajstić information content (AvgIpc) is 3.70. The predicted octanol–water partition coefficient (Wildman–Crippen LogP) is 4.57. The summed E-state index contributed by atoms with van der Waals surface area (Å²) in [7, 11) is 3.40. The lowest BCUT2D eigenvalue weighted by Gasteiger charge is -2.59. The molecule has 7 atom stereocenters. The number of aliphatic hydroxyl groups excluding tert-OH is 1. The maximum atomic E-state index is 12.3. The Morgan fingerprint density at radius 3 is 2.29 bits per heavy atom. The molecular formula is C34H48O8. The molecular weight excluding hydrogens is 536 g/mol. The van der Waals surface area contributed by atoms with E-state index in [-0.39, 0.29) is 17.9 Å². The molecule has 1 aromatic carbocycles. The molecule has 232 valence electrons. The second-order valence-electron chi connectivity index (χ2n) is 14.0. The van der Waals surface area contributed by atoms with Crippen molar-refractivity contribution in [3.63, 3.8) is 0 Å². The minimum atomic E-state index is -0.925. The summed E-state index contributed by atoms with van der Waals surface area (Å²) in [4.78, 5) is 0. The lowest BCUT2D eigenvalue weighted by molar-refractivity contribution is -0.210. The number of allylic oxidation sites excluding steroid dienone is 1. The molecule has 5 fully saturated rings. The van der Waals surface area contributed by atoms with Gasteiger partial charge in [-0.15, -0.1) is 0 Å². The van der Waals surface area contributed by atoms with E-state index in [1.165, 1.54) is 16.7 Å². The Morgan fingerprint density at radius 2 is 1.62 bits per heavy atom. The molecule has 1 spiro atoms. The van der Waals surface area contributed by atoms with Crippen molar-refractivity contribution in [1.82, 2.24) is 0 Å². The first-order valence-corrected chi connectivity index (χ1v) is 16.0. The Bertz CT molecular complexity index is 1200. The van der Waals surface area contributed by atoms with Gasteiger partial charge in [0.25, 0.3) is 0 Å². The Balaban J connectivity index is 1.33. The predicted molar refractivity (Wildman–Crippen MR) is 155 cm³/mol. The first-order chi connectivity index (χ1) is 20.1. The minimum Gasteiger partial charge on any atom is -0.388 e. The smallest absolute Gasteiger partial charge is 0.192 e. The highest BCUT2D eigenvalue weighted by atomic mass is 16.7. The van der Waals surface area contributed by atoms with Crippen molar-refractivity contribution < 1.29 is 38.6 Å². The normalized spacial score (nSPS) is 41.0. The van der Waals surface area contributed by atoms with Gasteiger partial charge in [-0.1, -0.05) is 36.8 Å². The Labute approximate surface area is 249 Å². The van der Waals surface area contributed by atoms with Crippen molar-refractivity contribution >= 4 is 0 Å². The third-order valence-electron chi connectivity index (χ3n) is 12.3. The van der Waals surface area contributed by atoms with Crippen LogP contribution in [0.1, 0.15) is 82.3 Å². The largest absolute Gasteiger partial charge is 0.388 e. The lowest BCUT2D eigenvalue weighted by atomic mass is 9.49. The zero-order valence-corrected chi connectivity index (χ0v) is 25.7. The van der Waals surface area contributed by atoms with Gasteiger partial charge < -0.3 is 38.6 Å². The third-order valence-corrected chi connectivity index (χ3v) is 12.3. The molecule has 6 aliphatic rings. The van der Waals surface area contributed by atoms with E-state index < -0.39 is 28.9 Å². The van der Waals surface area contributed by atoms with E-state index >= 15 is 0 Å². The van der Waals surface area contributed by atoms with E-state index in [1.807, 2.05) is 6.92 Å². The number of ether oxygens (including phenoxy) is 6. The Morgan fingerprint density at radius 1 is 0.929 bits per heavy atom. The number of benzene rings is 1. The van der Waals surface area contributed by atoms with E-state index in [9.17, 15) is 10.2 Å². The van der Waals surface area contributed by atoms with Crippen LogP contribution in [0.25, 0.3) is 0 Å². The number of hydrogen-bond acceptors (Lipinski definition) is 8. The molecule has 0 amide bonds. The number of aliphatic hydroxyl groups is 2. The molecule has 2 N–H and O–H groups in total. The quantitative estimate of drug-likeness (QED) is 0.470. The van der Waals surface area contributed by atoms with E-state index in [2.05, 4.69) is 31.2 Å². The topological polar surface area (TPSA) is 95.8 Å². The summed E-state index contributed by atoms with van der Waals surface area (Å²) in [6.07, 6.45) is 5.56. The highest BCUT2D eigenvalue weighted by Gasteiger charge is 2.67. The molecule has 0 radical (unpaired) electrons. The van der Waals surface area contributed by atoms with Crippen LogP contribution in [0.4, 0.5) is 0 Å². The van der Waals surface area contributed by atoms with Gasteiger partial charge in [0.15, 0.2) is 11.6 Å². The number of hydrogen-bond donors (Lipinski definition) is 2. The van der Waals surface area contributed by atoms with Crippen molar-refractivity contribution in [3.05, 3.63) is 46.5 Å². The fourth-order valence-electron chi connectivity index (χ4n) is 10.3. The van der Waals surface area contributed by atoms with Gasteiger partial charge in [-0.3, -0.25) is 0 Å². The number of fused-ring (bicyclic) bond motifs is 4. The monoisotopic (exact) mass is 584 g/mol. The van der Waals surface area contributed by atoms with E-state index in [0.717, 1.165) is 44.1 Å². The molecule has 42 heavy (non-hydrogen) atoms. The standard InChI is InChI=1S/C34H48O8/c1-30-19-25(22-5-7-23(8-6-22)31(2)39-15-16-40-31)29-24(26(30)11-14-34(30,38-4)28(35)20-37-3)9-12-32(36)21-33(13-10-27(29)32)41-17-18-42-33/h5-8,24-26,28,35-36H,9-21H2,1-4H3/t24-,25+,26-,28?,30-,32+,34-/m0/s1. The summed E-state index contributed by atoms with van der Waals surface area (Å²) in [6, 6.07) is 8.72. The minimum absolute atomic E-state index is 0.0900. The van der Waals surface area contributed by atoms with Gasteiger partial charge in [-0.25, -0.2) is 0 Å². The highest BCUT2D eigenvalue weighted by Crippen LogP contribution is 2.69. The summed E-state index contributed by atoms with van der Waals surface area (Å²) >= 11 is 0. The molecule has 2 heterocycles. The fourth-order valence-corrected chi connectivity index (χ4v) is 10.3. The summed E-state index contributed by atoms with van der Waals surface area (Å²) < 4.78 is 36.0. The first kappa shape index (κ1) is 29.4. The summed E-state index contributed by atoms with van der Waals surface area (Å²) in [5, 5.41) is 23.9. The molecule has 1 unspecified atom stereocenters. The number of methoxy groups -OCH3 is 2.